The Morgan fingerprint density at radius 2 is 1.89 bits per heavy atom. The van der Waals surface area contributed by atoms with E-state index in [1.807, 2.05) is 12.1 Å². The number of aliphatic carboxylic acids is 1. The first-order valence-electron chi connectivity index (χ1n) is 6.71. The van der Waals surface area contributed by atoms with Gasteiger partial charge < -0.3 is 10.0 Å². The van der Waals surface area contributed by atoms with Crippen LogP contribution in [-0.2, 0) is 11.2 Å². The summed E-state index contributed by atoms with van der Waals surface area (Å²) in [5.41, 5.74) is 2.18. The van der Waals surface area contributed by atoms with Crippen LogP contribution in [0.1, 0.15) is 36.8 Å². The van der Waals surface area contributed by atoms with E-state index in [0.717, 1.165) is 18.5 Å². The van der Waals surface area contributed by atoms with Crippen LogP contribution in [0.5, 0.6) is 0 Å². The van der Waals surface area contributed by atoms with Gasteiger partial charge in [-0.05, 0) is 50.4 Å². The topological polar surface area (TPSA) is 40.5 Å². The van der Waals surface area contributed by atoms with Crippen molar-refractivity contribution in [1.29, 1.82) is 0 Å². The molecule has 2 rings (SSSR count). The highest BCUT2D eigenvalue weighted by Gasteiger charge is 2.14. The summed E-state index contributed by atoms with van der Waals surface area (Å²) in [7, 11) is 0. The maximum Gasteiger partial charge on any atom is 0.310 e. The van der Waals surface area contributed by atoms with Crippen molar-refractivity contribution in [2.24, 2.45) is 0 Å². The summed E-state index contributed by atoms with van der Waals surface area (Å²) < 4.78 is 0. The Bertz CT molecular complexity index is 393. The summed E-state index contributed by atoms with van der Waals surface area (Å²) in [6, 6.07) is 8.01. The van der Waals surface area contributed by atoms with E-state index >= 15 is 0 Å². The summed E-state index contributed by atoms with van der Waals surface area (Å²) in [5, 5.41) is 8.94. The number of rotatable bonds is 5. The summed E-state index contributed by atoms with van der Waals surface area (Å²) in [6.45, 7) is 5.30. The molecule has 98 valence electrons. The molecule has 18 heavy (non-hydrogen) atoms. The Hall–Kier alpha value is -1.35. The number of carboxylic acid groups (broad SMARTS) is 1. The van der Waals surface area contributed by atoms with Crippen LogP contribution in [0.4, 0.5) is 0 Å². The second-order valence-electron chi connectivity index (χ2n) is 5.10. The molecule has 3 heteroatoms. The average Bonchev–Trinajstić information content (AvgIpc) is 2.89. The molecule has 1 heterocycles. The largest absolute Gasteiger partial charge is 0.481 e. The van der Waals surface area contributed by atoms with Gasteiger partial charge in [0.05, 0.1) is 5.92 Å². The molecule has 0 amide bonds. The highest BCUT2D eigenvalue weighted by atomic mass is 16.4. The van der Waals surface area contributed by atoms with Gasteiger partial charge >= 0.3 is 5.97 Å². The summed E-state index contributed by atoms with van der Waals surface area (Å²) in [5.74, 6) is -1.18. The van der Waals surface area contributed by atoms with Gasteiger partial charge in [0.2, 0.25) is 0 Å². The number of hydrogen-bond acceptors (Lipinski definition) is 2. The molecule has 1 fully saturated rings. The van der Waals surface area contributed by atoms with Crippen LogP contribution in [0.2, 0.25) is 0 Å². The van der Waals surface area contributed by atoms with Crippen molar-refractivity contribution in [3.63, 3.8) is 0 Å². The monoisotopic (exact) mass is 247 g/mol. The van der Waals surface area contributed by atoms with Gasteiger partial charge in [-0.15, -0.1) is 0 Å². The fourth-order valence-corrected chi connectivity index (χ4v) is 2.41. The maximum atomic E-state index is 10.9. The number of hydrogen-bond donors (Lipinski definition) is 1. The van der Waals surface area contributed by atoms with Crippen LogP contribution in [0.3, 0.4) is 0 Å². The van der Waals surface area contributed by atoms with Crippen molar-refractivity contribution in [3.05, 3.63) is 35.4 Å². The van der Waals surface area contributed by atoms with E-state index in [1.54, 1.807) is 6.92 Å². The highest BCUT2D eigenvalue weighted by molar-refractivity contribution is 5.75. The lowest BCUT2D eigenvalue weighted by Gasteiger charge is -2.14. The van der Waals surface area contributed by atoms with E-state index in [4.69, 9.17) is 5.11 Å². The number of nitrogens with zero attached hydrogens (tertiary/aromatic N) is 1. The minimum Gasteiger partial charge on any atom is -0.481 e. The first-order valence-corrected chi connectivity index (χ1v) is 6.71. The Balaban J connectivity index is 1.88. The lowest BCUT2D eigenvalue weighted by Crippen LogP contribution is -2.21. The summed E-state index contributed by atoms with van der Waals surface area (Å²) in [4.78, 5) is 13.4. The maximum absolute atomic E-state index is 10.9. The second-order valence-corrected chi connectivity index (χ2v) is 5.10. The molecule has 0 spiro atoms. The molecular weight excluding hydrogens is 226 g/mol. The van der Waals surface area contributed by atoms with Crippen LogP contribution in [-0.4, -0.2) is 35.6 Å². The molecule has 0 saturated carbocycles. The van der Waals surface area contributed by atoms with Gasteiger partial charge in [-0.1, -0.05) is 24.3 Å². The van der Waals surface area contributed by atoms with Gasteiger partial charge in [0.15, 0.2) is 0 Å². The normalized spacial score (nSPS) is 17.8. The molecule has 1 saturated heterocycles. The molecule has 3 nitrogen and oxygen atoms in total. The Labute approximate surface area is 108 Å². The first-order chi connectivity index (χ1) is 8.66. The molecule has 1 atom stereocenters. The van der Waals surface area contributed by atoms with E-state index in [9.17, 15) is 4.79 Å². The third-order valence-electron chi connectivity index (χ3n) is 3.77. The van der Waals surface area contributed by atoms with Gasteiger partial charge in [-0.25, -0.2) is 0 Å². The molecule has 0 bridgehead atoms. The summed E-state index contributed by atoms with van der Waals surface area (Å²) in [6.07, 6.45) is 3.71. The van der Waals surface area contributed by atoms with Crippen molar-refractivity contribution < 1.29 is 9.90 Å². The third kappa shape index (κ3) is 3.33. The predicted molar refractivity (Wildman–Crippen MR) is 71.9 cm³/mol. The third-order valence-corrected chi connectivity index (χ3v) is 3.77. The fraction of sp³-hybridized carbons (Fsp3) is 0.533. The molecule has 1 aromatic carbocycles. The van der Waals surface area contributed by atoms with Gasteiger partial charge in [-0.3, -0.25) is 4.79 Å². The first kappa shape index (κ1) is 13.1. The zero-order valence-electron chi connectivity index (χ0n) is 10.9. The molecule has 1 N–H and O–H groups in total. The van der Waals surface area contributed by atoms with E-state index < -0.39 is 11.9 Å². The zero-order valence-corrected chi connectivity index (χ0v) is 10.9. The van der Waals surface area contributed by atoms with Gasteiger partial charge in [0.25, 0.3) is 0 Å². The van der Waals surface area contributed by atoms with Crippen molar-refractivity contribution in [1.82, 2.24) is 4.90 Å². The number of benzene rings is 1. The predicted octanol–water partition coefficient (Wildman–Crippen LogP) is 2.51. The van der Waals surface area contributed by atoms with Gasteiger partial charge in [0, 0.05) is 6.54 Å². The summed E-state index contributed by atoms with van der Waals surface area (Å²) >= 11 is 0. The van der Waals surface area contributed by atoms with Crippen LogP contribution >= 0.6 is 0 Å². The molecule has 1 aliphatic rings. The van der Waals surface area contributed by atoms with Gasteiger partial charge in [0.1, 0.15) is 0 Å². The van der Waals surface area contributed by atoms with Crippen LogP contribution < -0.4 is 0 Å². The van der Waals surface area contributed by atoms with Crippen molar-refractivity contribution >= 4 is 5.97 Å². The SMILES string of the molecule is CC(C(=O)O)c1ccc(CCN2CCCC2)cc1. The van der Waals surface area contributed by atoms with E-state index in [0.29, 0.717) is 0 Å². The van der Waals surface area contributed by atoms with Crippen LogP contribution in [0, 0.1) is 0 Å². The van der Waals surface area contributed by atoms with Crippen molar-refractivity contribution in [2.75, 3.05) is 19.6 Å². The molecule has 0 aliphatic carbocycles. The Kier molecular flexibility index (Phi) is 4.37. The molecular formula is C15H21NO2. The highest BCUT2D eigenvalue weighted by Crippen LogP contribution is 2.17. The fourth-order valence-electron chi connectivity index (χ4n) is 2.41. The van der Waals surface area contributed by atoms with Crippen LogP contribution in [0.25, 0.3) is 0 Å². The molecule has 0 radical (unpaired) electrons. The quantitative estimate of drug-likeness (QED) is 0.869. The van der Waals surface area contributed by atoms with Crippen molar-refractivity contribution in [2.45, 2.75) is 32.1 Å². The Morgan fingerprint density at radius 1 is 1.28 bits per heavy atom. The number of carbonyl (C=O) groups is 1. The minimum absolute atomic E-state index is 0.419. The lowest BCUT2D eigenvalue weighted by molar-refractivity contribution is -0.138. The number of likely N-dealkylation sites (tertiary alicyclic amines) is 1. The smallest absolute Gasteiger partial charge is 0.310 e. The molecule has 0 aromatic heterocycles. The van der Waals surface area contributed by atoms with E-state index in [2.05, 4.69) is 17.0 Å². The van der Waals surface area contributed by atoms with E-state index in [1.165, 1.54) is 31.5 Å². The number of carboxylic acids is 1. The minimum atomic E-state index is -0.764. The van der Waals surface area contributed by atoms with E-state index in [-0.39, 0.29) is 0 Å². The average molecular weight is 247 g/mol. The van der Waals surface area contributed by atoms with Crippen molar-refractivity contribution in [3.8, 4) is 0 Å². The zero-order chi connectivity index (χ0) is 13.0. The molecule has 1 aromatic rings. The molecule has 1 aliphatic heterocycles. The standard InChI is InChI=1S/C15H21NO2/c1-12(15(17)18)14-6-4-13(5-7-14)8-11-16-9-2-3-10-16/h4-7,12H,2-3,8-11H2,1H3,(H,17,18). The second kappa shape index (κ2) is 6.01. The Morgan fingerprint density at radius 3 is 2.44 bits per heavy atom. The van der Waals surface area contributed by atoms with Crippen LogP contribution in [0.15, 0.2) is 24.3 Å². The molecule has 1 unspecified atom stereocenters. The lowest BCUT2D eigenvalue weighted by atomic mass is 9.99. The van der Waals surface area contributed by atoms with Gasteiger partial charge in [-0.2, -0.15) is 0 Å².